The number of Topliss-reactive ketones (excluding diaryl/α,β-unsaturated/α-hetero) is 1. The third kappa shape index (κ3) is 3.27. The van der Waals surface area contributed by atoms with E-state index in [0.717, 1.165) is 20.2 Å². The zero-order chi connectivity index (χ0) is 13.1. The molecule has 2 aromatic rings. The maximum atomic E-state index is 12.1. The minimum Gasteiger partial charge on any atom is -0.294 e. The Morgan fingerprint density at radius 3 is 2.61 bits per heavy atom. The number of carbonyl (C=O) groups excluding carboxylic acids is 1. The quantitative estimate of drug-likeness (QED) is 0.754. The van der Waals surface area contributed by atoms with Crippen molar-refractivity contribution in [1.29, 1.82) is 0 Å². The molecular weight excluding hydrogens is 358 g/mol. The van der Waals surface area contributed by atoms with Gasteiger partial charge >= 0.3 is 0 Å². The second kappa shape index (κ2) is 5.76. The zero-order valence-corrected chi connectivity index (χ0v) is 13.0. The molecule has 0 aliphatic rings. The van der Waals surface area contributed by atoms with Crippen LogP contribution in [0.3, 0.4) is 0 Å². The van der Waals surface area contributed by atoms with E-state index in [9.17, 15) is 4.79 Å². The van der Waals surface area contributed by atoms with E-state index in [1.807, 2.05) is 37.3 Å². The second-order valence-electron chi connectivity index (χ2n) is 4.05. The van der Waals surface area contributed by atoms with Crippen LogP contribution < -0.4 is 0 Å². The summed E-state index contributed by atoms with van der Waals surface area (Å²) in [6.45, 7) is 1.98. The van der Waals surface area contributed by atoms with Gasteiger partial charge in [0.1, 0.15) is 0 Å². The lowest BCUT2D eigenvalue weighted by Crippen LogP contribution is -2.05. The average Bonchev–Trinajstić information content (AvgIpc) is 2.32. The number of hydrogen-bond donors (Lipinski definition) is 0. The van der Waals surface area contributed by atoms with E-state index in [4.69, 9.17) is 0 Å². The normalized spacial score (nSPS) is 10.4. The lowest BCUT2D eigenvalue weighted by molar-refractivity contribution is 0.0991. The van der Waals surface area contributed by atoms with Gasteiger partial charge in [-0.2, -0.15) is 0 Å². The molecule has 1 heterocycles. The summed E-state index contributed by atoms with van der Waals surface area (Å²) < 4.78 is 1.74. The highest BCUT2D eigenvalue weighted by molar-refractivity contribution is 9.11. The molecule has 18 heavy (non-hydrogen) atoms. The van der Waals surface area contributed by atoms with Crippen molar-refractivity contribution >= 4 is 37.6 Å². The molecule has 0 N–H and O–H groups in total. The van der Waals surface area contributed by atoms with Crippen molar-refractivity contribution in [3.8, 4) is 0 Å². The van der Waals surface area contributed by atoms with Crippen LogP contribution >= 0.6 is 31.9 Å². The highest BCUT2D eigenvalue weighted by Crippen LogP contribution is 2.23. The van der Waals surface area contributed by atoms with Crippen LogP contribution in [-0.4, -0.2) is 10.8 Å². The molecule has 0 atom stereocenters. The lowest BCUT2D eigenvalue weighted by Gasteiger charge is -2.04. The number of benzene rings is 1. The first kappa shape index (κ1) is 13.4. The number of nitrogens with zero attached hydrogens (tertiary/aromatic N) is 1. The summed E-state index contributed by atoms with van der Waals surface area (Å²) in [5.41, 5.74) is 2.57. The molecule has 0 saturated heterocycles. The number of carbonyl (C=O) groups is 1. The summed E-state index contributed by atoms with van der Waals surface area (Å²) in [6.07, 6.45) is 2.10. The van der Waals surface area contributed by atoms with Crippen LogP contribution in [0.2, 0.25) is 0 Å². The minimum atomic E-state index is 0.0609. The molecule has 0 unspecified atom stereocenters. The first-order valence-corrected chi connectivity index (χ1v) is 7.04. The third-order valence-corrected chi connectivity index (χ3v) is 3.70. The van der Waals surface area contributed by atoms with E-state index in [-0.39, 0.29) is 5.78 Å². The first-order chi connectivity index (χ1) is 8.56. The molecule has 0 aliphatic carbocycles. The van der Waals surface area contributed by atoms with Gasteiger partial charge in [-0.05, 0) is 36.8 Å². The van der Waals surface area contributed by atoms with Gasteiger partial charge in [-0.15, -0.1) is 0 Å². The number of rotatable bonds is 3. The minimum absolute atomic E-state index is 0.0609. The van der Waals surface area contributed by atoms with Crippen LogP contribution in [0, 0.1) is 6.92 Å². The molecule has 2 rings (SSSR count). The molecular formula is C14H11Br2NO. The van der Waals surface area contributed by atoms with Gasteiger partial charge in [-0.25, -0.2) is 0 Å². The fraction of sp³-hybridized carbons (Fsp3) is 0.143. The third-order valence-electron chi connectivity index (χ3n) is 2.55. The molecule has 2 nitrogen and oxygen atoms in total. The summed E-state index contributed by atoms with van der Waals surface area (Å²) in [5, 5.41) is 0. The number of aryl methyl sites for hydroxylation is 1. The van der Waals surface area contributed by atoms with Crippen molar-refractivity contribution in [1.82, 2.24) is 4.98 Å². The number of aromatic nitrogens is 1. The van der Waals surface area contributed by atoms with Gasteiger partial charge in [0, 0.05) is 26.4 Å². The van der Waals surface area contributed by atoms with E-state index < -0.39 is 0 Å². The second-order valence-corrected chi connectivity index (χ2v) is 5.82. The Kier molecular flexibility index (Phi) is 4.30. The van der Waals surface area contributed by atoms with Crippen molar-refractivity contribution in [2.75, 3.05) is 0 Å². The van der Waals surface area contributed by atoms with Gasteiger partial charge in [0.25, 0.3) is 0 Å². The highest BCUT2D eigenvalue weighted by atomic mass is 79.9. The number of ketones is 1. The number of pyridine rings is 1. The van der Waals surface area contributed by atoms with E-state index >= 15 is 0 Å². The largest absolute Gasteiger partial charge is 0.294 e. The Bertz CT molecular complexity index is 579. The Hall–Kier alpha value is -1.000. The monoisotopic (exact) mass is 367 g/mol. The molecule has 0 saturated carbocycles. The number of halogens is 2. The molecule has 0 fully saturated rings. The summed E-state index contributed by atoms with van der Waals surface area (Å²) >= 11 is 6.77. The van der Waals surface area contributed by atoms with Gasteiger partial charge in [0.15, 0.2) is 5.78 Å². The zero-order valence-electron chi connectivity index (χ0n) is 9.78. The van der Waals surface area contributed by atoms with Crippen LogP contribution in [0.15, 0.2) is 45.5 Å². The van der Waals surface area contributed by atoms with Crippen molar-refractivity contribution < 1.29 is 4.79 Å². The molecule has 0 bridgehead atoms. The van der Waals surface area contributed by atoms with Crippen molar-refractivity contribution in [2.45, 2.75) is 13.3 Å². The fourth-order valence-corrected chi connectivity index (χ4v) is 2.85. The molecule has 4 heteroatoms. The predicted octanol–water partition coefficient (Wildman–Crippen LogP) is 4.34. The van der Waals surface area contributed by atoms with Crippen LogP contribution in [0.25, 0.3) is 0 Å². The van der Waals surface area contributed by atoms with Crippen molar-refractivity contribution in [3.63, 3.8) is 0 Å². The maximum absolute atomic E-state index is 12.1. The molecule has 0 radical (unpaired) electrons. The first-order valence-electron chi connectivity index (χ1n) is 5.46. The van der Waals surface area contributed by atoms with Crippen molar-refractivity contribution in [2.24, 2.45) is 0 Å². The van der Waals surface area contributed by atoms with Gasteiger partial charge in [0.05, 0.1) is 6.42 Å². The summed E-state index contributed by atoms with van der Waals surface area (Å²) in [4.78, 5) is 16.4. The number of hydrogen-bond acceptors (Lipinski definition) is 2. The smallest absolute Gasteiger partial charge is 0.169 e. The molecule has 92 valence electrons. The van der Waals surface area contributed by atoms with Gasteiger partial charge in [-0.3, -0.25) is 9.78 Å². The van der Waals surface area contributed by atoms with Crippen molar-refractivity contribution in [3.05, 3.63) is 62.3 Å². The maximum Gasteiger partial charge on any atom is 0.169 e. The molecule has 1 aromatic carbocycles. The summed E-state index contributed by atoms with van der Waals surface area (Å²) in [5.74, 6) is 0.0609. The Labute approximate surface area is 123 Å². The predicted molar refractivity (Wildman–Crippen MR) is 78.9 cm³/mol. The van der Waals surface area contributed by atoms with Gasteiger partial charge < -0.3 is 0 Å². The van der Waals surface area contributed by atoms with Gasteiger partial charge in [-0.1, -0.05) is 37.9 Å². The van der Waals surface area contributed by atoms with Crippen LogP contribution in [0.4, 0.5) is 0 Å². The molecule has 0 aliphatic heterocycles. The topological polar surface area (TPSA) is 30.0 Å². The highest BCUT2D eigenvalue weighted by Gasteiger charge is 2.11. The molecule has 1 aromatic heterocycles. The van der Waals surface area contributed by atoms with Gasteiger partial charge in [0.2, 0.25) is 0 Å². The van der Waals surface area contributed by atoms with E-state index in [0.29, 0.717) is 12.0 Å². The van der Waals surface area contributed by atoms with Crippen LogP contribution in [-0.2, 0) is 6.42 Å². The summed E-state index contributed by atoms with van der Waals surface area (Å²) in [7, 11) is 0. The Morgan fingerprint density at radius 1 is 1.22 bits per heavy atom. The van der Waals surface area contributed by atoms with E-state index in [1.54, 1.807) is 6.20 Å². The van der Waals surface area contributed by atoms with E-state index in [1.165, 1.54) is 0 Å². The SMILES string of the molecule is Cc1ccc(CC(=O)c2ccc(Br)cc2Br)nc1. The Morgan fingerprint density at radius 2 is 2.00 bits per heavy atom. The lowest BCUT2D eigenvalue weighted by atomic mass is 10.1. The van der Waals surface area contributed by atoms with Crippen LogP contribution in [0.1, 0.15) is 21.6 Å². The molecule has 0 amide bonds. The molecule has 0 spiro atoms. The standard InChI is InChI=1S/C14H11Br2NO/c1-9-2-4-11(17-8-9)7-14(18)12-5-3-10(15)6-13(12)16/h2-6,8H,7H2,1H3. The average molecular weight is 369 g/mol. The van der Waals surface area contributed by atoms with E-state index in [2.05, 4.69) is 36.8 Å². The summed E-state index contributed by atoms with van der Waals surface area (Å²) in [6, 6.07) is 9.40. The Balaban J connectivity index is 2.19. The fourth-order valence-electron chi connectivity index (χ4n) is 1.58. The van der Waals surface area contributed by atoms with Crippen LogP contribution in [0.5, 0.6) is 0 Å².